The molecule has 6 rings (SSSR count). The van der Waals surface area contributed by atoms with Crippen LogP contribution < -0.4 is 16.4 Å². The minimum absolute atomic E-state index is 0.179. The molecule has 0 bridgehead atoms. The summed E-state index contributed by atoms with van der Waals surface area (Å²) in [7, 11) is 0. The quantitative estimate of drug-likeness (QED) is 0.330. The number of fused-ring (bicyclic) bond motifs is 5. The molecule has 0 saturated heterocycles. The maximum Gasteiger partial charge on any atom is 0.246 e. The van der Waals surface area contributed by atoms with E-state index < -0.39 is 0 Å². The van der Waals surface area contributed by atoms with Gasteiger partial charge in [-0.15, -0.1) is 0 Å². The van der Waals surface area contributed by atoms with Crippen LogP contribution in [0.1, 0.15) is 0 Å². The zero-order valence-corrected chi connectivity index (χ0v) is 15.3. The third-order valence-electron chi connectivity index (χ3n) is 5.90. The van der Waals surface area contributed by atoms with Gasteiger partial charge in [0, 0.05) is 22.0 Å². The van der Waals surface area contributed by atoms with E-state index >= 15 is 0 Å². The largest absolute Gasteiger partial charge is 0.310 e. The zero-order chi connectivity index (χ0) is 18.7. The number of rotatable bonds is 2. The third-order valence-corrected chi connectivity index (χ3v) is 5.90. The molecule has 0 atom stereocenters. The Morgan fingerprint density at radius 2 is 1.46 bits per heavy atom. The molecule has 0 saturated carbocycles. The Morgan fingerprint density at radius 3 is 2.32 bits per heavy atom. The van der Waals surface area contributed by atoms with Crippen molar-refractivity contribution in [1.82, 2.24) is 4.57 Å². The molecule has 0 aliphatic carbocycles. The predicted octanol–water partition coefficient (Wildman–Crippen LogP) is 3.95. The van der Waals surface area contributed by atoms with Crippen molar-refractivity contribution < 1.29 is 0 Å². The summed E-state index contributed by atoms with van der Waals surface area (Å²) in [5.41, 5.74) is 8.61. The van der Waals surface area contributed by atoms with Crippen molar-refractivity contribution in [3.63, 3.8) is 0 Å². The van der Waals surface area contributed by atoms with Crippen molar-refractivity contribution in [1.29, 1.82) is 0 Å². The summed E-state index contributed by atoms with van der Waals surface area (Å²) in [6, 6.07) is 32.5. The molecule has 0 radical (unpaired) electrons. The number of aromatic nitrogens is 1. The molecule has 3 heteroatoms. The van der Waals surface area contributed by atoms with E-state index in [0.29, 0.717) is 0 Å². The number of aliphatic imine (C=N–C) groups is 1. The van der Waals surface area contributed by atoms with E-state index in [4.69, 9.17) is 0 Å². The molecular weight excluding hydrogens is 339 g/mol. The van der Waals surface area contributed by atoms with Crippen LogP contribution in [0.25, 0.3) is 27.5 Å². The average Bonchev–Trinajstić information content (AvgIpc) is 3.10. The van der Waals surface area contributed by atoms with Gasteiger partial charge in [-0.1, -0.05) is 72.2 Å². The molecule has 0 amide bonds. The van der Waals surface area contributed by atoms with Crippen LogP contribution in [0.2, 0.25) is 0 Å². The average molecular weight is 356 g/mol. The maximum atomic E-state index is 4.29. The molecule has 2 heterocycles. The fraction of sp³-hybridized carbons (Fsp3) is 0. The Balaban J connectivity index is 1.87. The van der Waals surface area contributed by atoms with Gasteiger partial charge in [-0.3, -0.25) is 4.99 Å². The highest BCUT2D eigenvalue weighted by Crippen LogP contribution is 2.35. The second-order valence-electron chi connectivity index (χ2n) is 7.34. The van der Waals surface area contributed by atoms with Crippen molar-refractivity contribution in [2.75, 3.05) is 0 Å². The SMILES string of the molecule is C=Nc1cc2c3c(c1)c1ccccc1n3-c1ccccc1B2c1ccccc1. The topological polar surface area (TPSA) is 17.3 Å². The van der Waals surface area contributed by atoms with Gasteiger partial charge in [0.25, 0.3) is 0 Å². The first-order valence-electron chi connectivity index (χ1n) is 9.55. The van der Waals surface area contributed by atoms with Crippen LogP contribution >= 0.6 is 0 Å². The number of nitrogens with zero attached hydrogens (tertiary/aromatic N) is 2. The molecule has 28 heavy (non-hydrogen) atoms. The second-order valence-corrected chi connectivity index (χ2v) is 7.34. The molecular formula is C25H17BN2. The Morgan fingerprint density at radius 1 is 0.714 bits per heavy atom. The Bertz CT molecular complexity index is 1380. The van der Waals surface area contributed by atoms with Gasteiger partial charge < -0.3 is 4.57 Å². The van der Waals surface area contributed by atoms with Gasteiger partial charge >= 0.3 is 0 Å². The van der Waals surface area contributed by atoms with Crippen molar-refractivity contribution in [3.05, 3.63) is 91.0 Å². The van der Waals surface area contributed by atoms with Gasteiger partial charge in [0.05, 0.1) is 11.2 Å². The predicted molar refractivity (Wildman–Crippen MR) is 121 cm³/mol. The minimum atomic E-state index is 0.179. The number of hydrogen-bond donors (Lipinski definition) is 0. The summed E-state index contributed by atoms with van der Waals surface area (Å²) in [6.07, 6.45) is 0. The fourth-order valence-electron chi connectivity index (χ4n) is 4.78. The van der Waals surface area contributed by atoms with E-state index in [2.05, 4.69) is 107 Å². The maximum absolute atomic E-state index is 4.29. The van der Waals surface area contributed by atoms with Crippen molar-refractivity contribution in [2.45, 2.75) is 0 Å². The molecule has 2 nitrogen and oxygen atoms in total. The molecule has 5 aromatic rings. The van der Waals surface area contributed by atoms with Crippen LogP contribution in [-0.4, -0.2) is 18.0 Å². The zero-order valence-electron chi connectivity index (χ0n) is 15.3. The smallest absolute Gasteiger partial charge is 0.246 e. The van der Waals surface area contributed by atoms with Crippen LogP contribution in [0.5, 0.6) is 0 Å². The first-order valence-corrected chi connectivity index (χ1v) is 9.55. The van der Waals surface area contributed by atoms with Crippen LogP contribution in [0.4, 0.5) is 5.69 Å². The molecule has 0 spiro atoms. The number of benzene rings is 4. The molecule has 0 unspecified atom stereocenters. The lowest BCUT2D eigenvalue weighted by atomic mass is 9.35. The molecule has 4 aromatic carbocycles. The fourth-order valence-corrected chi connectivity index (χ4v) is 4.78. The highest BCUT2D eigenvalue weighted by Gasteiger charge is 2.33. The number of para-hydroxylation sites is 2. The Labute approximate surface area is 163 Å². The van der Waals surface area contributed by atoms with E-state index in [9.17, 15) is 0 Å². The van der Waals surface area contributed by atoms with Crippen molar-refractivity contribution >= 4 is 57.3 Å². The van der Waals surface area contributed by atoms with E-state index in [1.807, 2.05) is 0 Å². The van der Waals surface area contributed by atoms with E-state index in [-0.39, 0.29) is 6.71 Å². The van der Waals surface area contributed by atoms with Crippen LogP contribution in [0.3, 0.4) is 0 Å². The minimum Gasteiger partial charge on any atom is -0.310 e. The lowest BCUT2D eigenvalue weighted by molar-refractivity contribution is 1.19. The molecule has 1 aliphatic heterocycles. The summed E-state index contributed by atoms with van der Waals surface area (Å²) >= 11 is 0. The molecule has 0 fully saturated rings. The van der Waals surface area contributed by atoms with Crippen LogP contribution in [-0.2, 0) is 0 Å². The second kappa shape index (κ2) is 5.70. The van der Waals surface area contributed by atoms with Gasteiger partial charge in [-0.2, -0.15) is 0 Å². The number of hydrogen-bond acceptors (Lipinski definition) is 1. The third kappa shape index (κ3) is 1.96. The standard InChI is InChI=1S/C25H17BN2/c1-27-18-15-20-19-11-5-7-13-23(19)28-24-14-8-6-12-21(24)26(22(16-18)25(20)28)17-9-3-2-4-10-17/h2-16H,1H2. The van der Waals surface area contributed by atoms with Gasteiger partial charge in [0.1, 0.15) is 0 Å². The van der Waals surface area contributed by atoms with Crippen LogP contribution in [0, 0.1) is 0 Å². The van der Waals surface area contributed by atoms with Gasteiger partial charge in [0.2, 0.25) is 6.71 Å². The summed E-state index contributed by atoms with van der Waals surface area (Å²) in [4.78, 5) is 4.29. The first kappa shape index (κ1) is 15.5. The van der Waals surface area contributed by atoms with Gasteiger partial charge in [-0.05, 0) is 41.9 Å². The first-order chi connectivity index (χ1) is 13.9. The summed E-state index contributed by atoms with van der Waals surface area (Å²) in [5, 5.41) is 2.50. The molecule has 1 aliphatic rings. The molecule has 1 aromatic heterocycles. The van der Waals surface area contributed by atoms with Crippen molar-refractivity contribution in [2.24, 2.45) is 4.99 Å². The van der Waals surface area contributed by atoms with E-state index in [1.54, 1.807) is 0 Å². The highest BCUT2D eigenvalue weighted by molar-refractivity contribution is 6.98. The highest BCUT2D eigenvalue weighted by atomic mass is 15.0. The summed E-state index contributed by atoms with van der Waals surface area (Å²) < 4.78 is 2.42. The summed E-state index contributed by atoms with van der Waals surface area (Å²) in [6.45, 7) is 3.98. The van der Waals surface area contributed by atoms with E-state index in [0.717, 1.165) is 5.69 Å². The molecule has 0 N–H and O–H groups in total. The lowest BCUT2D eigenvalue weighted by Crippen LogP contribution is -2.55. The monoisotopic (exact) mass is 356 g/mol. The summed E-state index contributed by atoms with van der Waals surface area (Å²) in [5.74, 6) is 0. The van der Waals surface area contributed by atoms with Gasteiger partial charge in [-0.25, -0.2) is 0 Å². The lowest BCUT2D eigenvalue weighted by Gasteiger charge is -2.27. The van der Waals surface area contributed by atoms with Gasteiger partial charge in [0.15, 0.2) is 0 Å². The van der Waals surface area contributed by atoms with E-state index in [1.165, 1.54) is 43.9 Å². The molecule has 130 valence electrons. The Hall–Kier alpha value is -3.59. The Kier molecular flexibility index (Phi) is 3.15. The van der Waals surface area contributed by atoms with Crippen LogP contribution in [0.15, 0.2) is 96.0 Å². The normalized spacial score (nSPS) is 12.4. The van der Waals surface area contributed by atoms with Crippen molar-refractivity contribution in [3.8, 4) is 5.69 Å².